The number of aryl methyl sites for hydroxylation is 2. The van der Waals surface area contributed by atoms with Gasteiger partial charge in [-0.3, -0.25) is 4.98 Å². The maximum Gasteiger partial charge on any atom is 0.0650 e. The van der Waals surface area contributed by atoms with Gasteiger partial charge in [0.05, 0.1) is 5.69 Å². The van der Waals surface area contributed by atoms with Gasteiger partial charge < -0.3 is 4.90 Å². The van der Waals surface area contributed by atoms with E-state index in [4.69, 9.17) is 0 Å². The zero-order valence-electron chi connectivity index (χ0n) is 16.4. The van der Waals surface area contributed by atoms with Gasteiger partial charge in [-0.1, -0.05) is 55.3 Å². The minimum absolute atomic E-state index is 1.03. The molecule has 4 rings (SSSR count). The van der Waals surface area contributed by atoms with Crippen molar-refractivity contribution in [2.24, 2.45) is 0 Å². The summed E-state index contributed by atoms with van der Waals surface area (Å²) in [5.41, 5.74) is 6.22. The number of hydrogen-bond donors (Lipinski definition) is 0. The number of rotatable bonds is 3. The first kappa shape index (κ1) is 17.8. The average Bonchev–Trinajstić information content (AvgIpc) is 2.97. The highest BCUT2D eigenvalue weighted by Gasteiger charge is 2.12. The van der Waals surface area contributed by atoms with Crippen LogP contribution in [0.1, 0.15) is 48.1 Å². The van der Waals surface area contributed by atoms with E-state index in [9.17, 15) is 0 Å². The van der Waals surface area contributed by atoms with Gasteiger partial charge >= 0.3 is 0 Å². The van der Waals surface area contributed by atoms with Crippen molar-refractivity contribution < 1.29 is 0 Å². The van der Waals surface area contributed by atoms with Crippen LogP contribution in [0.5, 0.6) is 0 Å². The summed E-state index contributed by atoms with van der Waals surface area (Å²) in [7, 11) is 0. The topological polar surface area (TPSA) is 16.1 Å². The van der Waals surface area contributed by atoms with Gasteiger partial charge in [0.25, 0.3) is 0 Å². The molecule has 0 amide bonds. The lowest BCUT2D eigenvalue weighted by atomic mass is 9.99. The second-order valence-electron chi connectivity index (χ2n) is 7.65. The Bertz CT molecular complexity index is 958. The standard InChI is InChI=1S/C25H28N2/c1-19-9-7-10-21-11-8-12-22(25(19)21)13-14-23-17-24(20(2)18-26-23)27-15-5-3-4-6-16-27/h7-14,17-18H,3-6,15-16H2,1-2H3/b14-13-. The van der Waals surface area contributed by atoms with Gasteiger partial charge in [-0.25, -0.2) is 0 Å². The summed E-state index contributed by atoms with van der Waals surface area (Å²) in [6.45, 7) is 6.68. The molecular weight excluding hydrogens is 328 g/mol. The molecule has 0 atom stereocenters. The normalized spacial score (nSPS) is 15.4. The predicted molar refractivity (Wildman–Crippen MR) is 117 cm³/mol. The zero-order valence-corrected chi connectivity index (χ0v) is 16.4. The lowest BCUT2D eigenvalue weighted by Gasteiger charge is -2.24. The lowest BCUT2D eigenvalue weighted by molar-refractivity contribution is 0.726. The molecule has 138 valence electrons. The van der Waals surface area contributed by atoms with Crippen molar-refractivity contribution in [1.29, 1.82) is 0 Å². The highest BCUT2D eigenvalue weighted by atomic mass is 15.1. The van der Waals surface area contributed by atoms with Crippen LogP contribution in [0.2, 0.25) is 0 Å². The van der Waals surface area contributed by atoms with Crippen LogP contribution in [-0.2, 0) is 0 Å². The van der Waals surface area contributed by atoms with Crippen LogP contribution in [-0.4, -0.2) is 18.1 Å². The SMILES string of the molecule is Cc1cnc(/C=C\c2cccc3cccc(C)c23)cc1N1CCCCCC1. The van der Waals surface area contributed by atoms with Crippen molar-refractivity contribution in [3.63, 3.8) is 0 Å². The summed E-state index contributed by atoms with van der Waals surface area (Å²) >= 11 is 0. The third kappa shape index (κ3) is 3.90. The molecule has 1 aromatic heterocycles. The van der Waals surface area contributed by atoms with Crippen LogP contribution < -0.4 is 4.90 Å². The summed E-state index contributed by atoms with van der Waals surface area (Å²) in [5.74, 6) is 0. The molecule has 0 unspecified atom stereocenters. The van der Waals surface area contributed by atoms with E-state index in [-0.39, 0.29) is 0 Å². The zero-order chi connectivity index (χ0) is 18.6. The van der Waals surface area contributed by atoms with Gasteiger partial charge in [0, 0.05) is 25.0 Å². The molecule has 0 N–H and O–H groups in total. The quantitative estimate of drug-likeness (QED) is 0.539. The minimum atomic E-state index is 1.03. The number of anilines is 1. The molecule has 1 aliphatic heterocycles. The van der Waals surface area contributed by atoms with Crippen LogP contribution in [0.15, 0.2) is 48.7 Å². The van der Waals surface area contributed by atoms with E-state index < -0.39 is 0 Å². The summed E-state index contributed by atoms with van der Waals surface area (Å²) in [5, 5.41) is 2.62. The fraction of sp³-hybridized carbons (Fsp3) is 0.320. The monoisotopic (exact) mass is 356 g/mol. The second kappa shape index (κ2) is 7.96. The van der Waals surface area contributed by atoms with Gasteiger partial charge in [0.15, 0.2) is 0 Å². The Morgan fingerprint density at radius 3 is 2.37 bits per heavy atom. The van der Waals surface area contributed by atoms with Gasteiger partial charge in [-0.05, 0) is 66.3 Å². The van der Waals surface area contributed by atoms with E-state index in [1.54, 1.807) is 0 Å². The summed E-state index contributed by atoms with van der Waals surface area (Å²) < 4.78 is 0. The Morgan fingerprint density at radius 1 is 0.852 bits per heavy atom. The number of aromatic nitrogens is 1. The molecule has 0 aliphatic carbocycles. The van der Waals surface area contributed by atoms with E-state index in [0.717, 1.165) is 18.8 Å². The molecule has 2 heterocycles. The molecule has 0 spiro atoms. The van der Waals surface area contributed by atoms with Crippen molar-refractivity contribution in [1.82, 2.24) is 4.98 Å². The Hall–Kier alpha value is -2.61. The Kier molecular flexibility index (Phi) is 5.24. The molecular formula is C25H28N2. The first-order valence-corrected chi connectivity index (χ1v) is 10.1. The fourth-order valence-electron chi connectivity index (χ4n) is 4.15. The van der Waals surface area contributed by atoms with Crippen LogP contribution in [0.25, 0.3) is 22.9 Å². The summed E-state index contributed by atoms with van der Waals surface area (Å²) in [4.78, 5) is 7.21. The molecule has 0 radical (unpaired) electrons. The highest BCUT2D eigenvalue weighted by Crippen LogP contribution is 2.26. The van der Waals surface area contributed by atoms with Crippen LogP contribution in [0.3, 0.4) is 0 Å². The number of fused-ring (bicyclic) bond motifs is 1. The molecule has 2 aromatic carbocycles. The third-order valence-corrected chi connectivity index (χ3v) is 5.62. The first-order chi connectivity index (χ1) is 13.2. The maximum atomic E-state index is 4.66. The van der Waals surface area contributed by atoms with Gasteiger partial charge in [-0.15, -0.1) is 0 Å². The van der Waals surface area contributed by atoms with Crippen molar-refractivity contribution >= 4 is 28.6 Å². The van der Waals surface area contributed by atoms with Crippen LogP contribution in [0.4, 0.5) is 5.69 Å². The minimum Gasteiger partial charge on any atom is -0.371 e. The van der Waals surface area contributed by atoms with E-state index in [1.165, 1.54) is 58.8 Å². The number of hydrogen-bond acceptors (Lipinski definition) is 2. The third-order valence-electron chi connectivity index (χ3n) is 5.62. The van der Waals surface area contributed by atoms with Crippen molar-refractivity contribution in [2.45, 2.75) is 39.5 Å². The highest BCUT2D eigenvalue weighted by molar-refractivity contribution is 5.95. The summed E-state index contributed by atoms with van der Waals surface area (Å²) in [6.07, 6.45) is 11.7. The predicted octanol–water partition coefficient (Wildman–Crippen LogP) is 6.40. The largest absolute Gasteiger partial charge is 0.371 e. The van der Waals surface area contributed by atoms with Crippen LogP contribution >= 0.6 is 0 Å². The molecule has 0 bridgehead atoms. The molecule has 1 aliphatic rings. The number of benzene rings is 2. The van der Waals surface area contributed by atoms with Gasteiger partial charge in [0.2, 0.25) is 0 Å². The lowest BCUT2D eigenvalue weighted by Crippen LogP contribution is -2.24. The second-order valence-corrected chi connectivity index (χ2v) is 7.65. The molecule has 1 fully saturated rings. The molecule has 27 heavy (non-hydrogen) atoms. The molecule has 1 saturated heterocycles. The Morgan fingerprint density at radius 2 is 1.59 bits per heavy atom. The molecule has 2 heteroatoms. The number of nitrogens with zero attached hydrogens (tertiary/aromatic N) is 2. The average molecular weight is 357 g/mol. The van der Waals surface area contributed by atoms with Crippen molar-refractivity contribution in [2.75, 3.05) is 18.0 Å². The smallest absolute Gasteiger partial charge is 0.0650 e. The van der Waals surface area contributed by atoms with Gasteiger partial charge in [0.1, 0.15) is 0 Å². The van der Waals surface area contributed by atoms with Crippen molar-refractivity contribution in [3.05, 3.63) is 71.0 Å². The van der Waals surface area contributed by atoms with E-state index in [1.807, 2.05) is 6.20 Å². The van der Waals surface area contributed by atoms with E-state index in [2.05, 4.69) is 78.3 Å². The van der Waals surface area contributed by atoms with E-state index >= 15 is 0 Å². The Labute approximate surface area is 162 Å². The van der Waals surface area contributed by atoms with Crippen molar-refractivity contribution in [3.8, 4) is 0 Å². The molecule has 3 aromatic rings. The van der Waals surface area contributed by atoms with E-state index in [0.29, 0.717) is 0 Å². The fourth-order valence-corrected chi connectivity index (χ4v) is 4.15. The maximum absolute atomic E-state index is 4.66. The molecule has 0 saturated carbocycles. The van der Waals surface area contributed by atoms with Crippen LogP contribution in [0, 0.1) is 13.8 Å². The summed E-state index contributed by atoms with van der Waals surface area (Å²) in [6, 6.07) is 15.3. The van der Waals surface area contributed by atoms with Gasteiger partial charge in [-0.2, -0.15) is 0 Å². The molecule has 2 nitrogen and oxygen atoms in total. The first-order valence-electron chi connectivity index (χ1n) is 10.1. The Balaban J connectivity index is 1.66. The number of pyridine rings is 1.